The molecule has 0 amide bonds. The molecule has 26 heavy (non-hydrogen) atoms. The fraction of sp³-hybridized carbons (Fsp3) is 0.650. The van der Waals surface area contributed by atoms with Crippen LogP contribution in [0.5, 0.6) is 5.75 Å². The molecule has 1 aliphatic heterocycles. The molecule has 1 unspecified atom stereocenters. The van der Waals surface area contributed by atoms with Gasteiger partial charge in [-0.25, -0.2) is 0 Å². The Hall–Kier alpha value is -1.02. The average molecular weight is 475 g/mol. The third-order valence-corrected chi connectivity index (χ3v) is 4.48. The van der Waals surface area contributed by atoms with E-state index in [2.05, 4.69) is 61.2 Å². The Morgan fingerprint density at radius 3 is 2.77 bits per heavy atom. The maximum atomic E-state index is 5.89. The van der Waals surface area contributed by atoms with Gasteiger partial charge < -0.3 is 19.7 Å². The van der Waals surface area contributed by atoms with Gasteiger partial charge in [-0.2, -0.15) is 0 Å². The van der Waals surface area contributed by atoms with Crippen LogP contribution in [0.4, 0.5) is 0 Å². The van der Waals surface area contributed by atoms with Gasteiger partial charge in [-0.15, -0.1) is 24.0 Å². The van der Waals surface area contributed by atoms with Gasteiger partial charge in [0, 0.05) is 33.2 Å². The van der Waals surface area contributed by atoms with E-state index in [4.69, 9.17) is 9.47 Å². The number of nitrogens with one attached hydrogen (secondary N) is 1. The van der Waals surface area contributed by atoms with E-state index in [0.29, 0.717) is 12.5 Å². The monoisotopic (exact) mass is 475 g/mol. The van der Waals surface area contributed by atoms with E-state index in [0.717, 1.165) is 44.4 Å². The molecule has 1 aliphatic rings. The van der Waals surface area contributed by atoms with Crippen LogP contribution in [-0.4, -0.2) is 57.9 Å². The lowest BCUT2D eigenvalue weighted by molar-refractivity contribution is 0.181. The highest BCUT2D eigenvalue weighted by Gasteiger charge is 2.19. The molecule has 6 heteroatoms. The molecule has 0 radical (unpaired) electrons. The molecule has 0 aromatic heterocycles. The number of benzene rings is 1. The highest BCUT2D eigenvalue weighted by Crippen LogP contribution is 2.25. The number of ether oxygens (including phenoxy) is 2. The first-order valence-electron chi connectivity index (χ1n) is 9.13. The van der Waals surface area contributed by atoms with Gasteiger partial charge in [0.2, 0.25) is 0 Å². The van der Waals surface area contributed by atoms with Gasteiger partial charge in [0.25, 0.3) is 0 Å². The van der Waals surface area contributed by atoms with Crippen molar-refractivity contribution in [3.05, 3.63) is 29.8 Å². The minimum atomic E-state index is 0. The summed E-state index contributed by atoms with van der Waals surface area (Å²) in [7, 11) is 3.89. The second-order valence-corrected chi connectivity index (χ2v) is 7.71. The molecule has 0 spiro atoms. The van der Waals surface area contributed by atoms with Crippen molar-refractivity contribution in [1.82, 2.24) is 10.2 Å². The standard InChI is InChI=1S/C20H33N3O2.HI/c1-20(2,3)17-7-6-8-18(13-17)25-12-10-22-19(21-4)23(5)14-16-9-11-24-15-16;/h6-8,13,16H,9-12,14-15H2,1-5H3,(H,21,22);1H. The molecule has 148 valence electrons. The van der Waals surface area contributed by atoms with Crippen LogP contribution in [0.15, 0.2) is 29.3 Å². The van der Waals surface area contributed by atoms with Crippen molar-refractivity contribution in [2.24, 2.45) is 10.9 Å². The van der Waals surface area contributed by atoms with Gasteiger partial charge >= 0.3 is 0 Å². The number of nitrogens with zero attached hydrogens (tertiary/aromatic N) is 2. The van der Waals surface area contributed by atoms with E-state index in [1.807, 2.05) is 13.1 Å². The van der Waals surface area contributed by atoms with E-state index >= 15 is 0 Å². The summed E-state index contributed by atoms with van der Waals surface area (Å²) in [6.45, 7) is 10.7. The number of hydrogen-bond acceptors (Lipinski definition) is 3. The van der Waals surface area contributed by atoms with Crippen LogP contribution >= 0.6 is 24.0 Å². The predicted octanol–water partition coefficient (Wildman–Crippen LogP) is 3.52. The predicted molar refractivity (Wildman–Crippen MR) is 119 cm³/mol. The highest BCUT2D eigenvalue weighted by molar-refractivity contribution is 14.0. The van der Waals surface area contributed by atoms with Crippen molar-refractivity contribution < 1.29 is 9.47 Å². The summed E-state index contributed by atoms with van der Waals surface area (Å²) in [5.41, 5.74) is 1.42. The van der Waals surface area contributed by atoms with Gasteiger partial charge in [-0.1, -0.05) is 32.9 Å². The smallest absolute Gasteiger partial charge is 0.193 e. The van der Waals surface area contributed by atoms with Crippen LogP contribution < -0.4 is 10.1 Å². The zero-order valence-electron chi connectivity index (χ0n) is 16.7. The lowest BCUT2D eigenvalue weighted by atomic mass is 9.87. The molecule has 0 aliphatic carbocycles. The van der Waals surface area contributed by atoms with Crippen LogP contribution in [-0.2, 0) is 10.2 Å². The summed E-state index contributed by atoms with van der Waals surface area (Å²) < 4.78 is 11.3. The molecule has 2 rings (SSSR count). The molecular formula is C20H34IN3O2. The topological polar surface area (TPSA) is 46.1 Å². The Labute approximate surface area is 175 Å². The number of guanidine groups is 1. The zero-order chi connectivity index (χ0) is 18.3. The summed E-state index contributed by atoms with van der Waals surface area (Å²) in [5.74, 6) is 2.42. The zero-order valence-corrected chi connectivity index (χ0v) is 19.1. The van der Waals surface area contributed by atoms with E-state index in [1.165, 1.54) is 5.56 Å². The second kappa shape index (κ2) is 11.0. The average Bonchev–Trinajstić information content (AvgIpc) is 3.07. The van der Waals surface area contributed by atoms with Gasteiger partial charge in [0.1, 0.15) is 12.4 Å². The molecule has 1 fully saturated rings. The molecular weight excluding hydrogens is 441 g/mol. The summed E-state index contributed by atoms with van der Waals surface area (Å²) >= 11 is 0. The van der Waals surface area contributed by atoms with Crippen LogP contribution in [0, 0.1) is 5.92 Å². The summed E-state index contributed by atoms with van der Waals surface area (Å²) in [6.07, 6.45) is 1.13. The fourth-order valence-electron chi connectivity index (χ4n) is 2.97. The van der Waals surface area contributed by atoms with Gasteiger partial charge in [-0.05, 0) is 29.5 Å². The van der Waals surface area contributed by atoms with E-state index in [1.54, 1.807) is 0 Å². The molecule has 1 aromatic rings. The first kappa shape index (κ1) is 23.0. The molecule has 1 N–H and O–H groups in total. The molecule has 1 atom stereocenters. The van der Waals surface area contributed by atoms with Crippen molar-refractivity contribution in [1.29, 1.82) is 0 Å². The Kier molecular flexibility index (Phi) is 9.71. The summed E-state index contributed by atoms with van der Waals surface area (Å²) in [5, 5.41) is 3.37. The second-order valence-electron chi connectivity index (χ2n) is 7.71. The third-order valence-electron chi connectivity index (χ3n) is 4.48. The normalized spacial score (nSPS) is 17.6. The van der Waals surface area contributed by atoms with Crippen LogP contribution in [0.1, 0.15) is 32.8 Å². The Morgan fingerprint density at radius 1 is 1.38 bits per heavy atom. The van der Waals surface area contributed by atoms with Crippen LogP contribution in [0.2, 0.25) is 0 Å². The largest absolute Gasteiger partial charge is 0.492 e. The summed E-state index contributed by atoms with van der Waals surface area (Å²) in [6, 6.07) is 8.34. The van der Waals surface area contributed by atoms with Crippen molar-refractivity contribution in [3.63, 3.8) is 0 Å². The number of halogens is 1. The van der Waals surface area contributed by atoms with Crippen molar-refractivity contribution in [2.75, 3.05) is 47.0 Å². The van der Waals surface area contributed by atoms with Crippen LogP contribution in [0.3, 0.4) is 0 Å². The van der Waals surface area contributed by atoms with Gasteiger partial charge in [0.15, 0.2) is 5.96 Å². The SMILES string of the molecule is CN=C(NCCOc1cccc(C(C)(C)C)c1)N(C)CC1CCOC1.I. The Morgan fingerprint density at radius 2 is 2.15 bits per heavy atom. The number of hydrogen-bond donors (Lipinski definition) is 1. The molecule has 0 bridgehead atoms. The van der Waals surface area contributed by atoms with Gasteiger partial charge in [-0.3, -0.25) is 4.99 Å². The lowest BCUT2D eigenvalue weighted by Crippen LogP contribution is -2.42. The lowest BCUT2D eigenvalue weighted by Gasteiger charge is -2.24. The molecule has 1 aromatic carbocycles. The summed E-state index contributed by atoms with van der Waals surface area (Å²) in [4.78, 5) is 6.52. The van der Waals surface area contributed by atoms with E-state index in [-0.39, 0.29) is 29.4 Å². The maximum absolute atomic E-state index is 5.89. The van der Waals surface area contributed by atoms with Crippen LogP contribution in [0.25, 0.3) is 0 Å². The molecule has 0 saturated carbocycles. The van der Waals surface area contributed by atoms with Gasteiger partial charge in [0.05, 0.1) is 13.2 Å². The molecule has 1 heterocycles. The Balaban J connectivity index is 0.00000338. The first-order chi connectivity index (χ1) is 11.9. The maximum Gasteiger partial charge on any atom is 0.193 e. The van der Waals surface area contributed by atoms with Crippen molar-refractivity contribution >= 4 is 29.9 Å². The highest BCUT2D eigenvalue weighted by atomic mass is 127. The van der Waals surface area contributed by atoms with E-state index < -0.39 is 0 Å². The molecule has 1 saturated heterocycles. The third kappa shape index (κ3) is 7.31. The Bertz CT molecular complexity index is 566. The first-order valence-corrected chi connectivity index (χ1v) is 9.13. The quantitative estimate of drug-likeness (QED) is 0.296. The van der Waals surface area contributed by atoms with E-state index in [9.17, 15) is 0 Å². The number of rotatable bonds is 6. The fourth-order valence-corrected chi connectivity index (χ4v) is 2.97. The number of aliphatic imine (C=N–C) groups is 1. The molecule has 5 nitrogen and oxygen atoms in total. The minimum Gasteiger partial charge on any atom is -0.492 e. The van der Waals surface area contributed by atoms with Crippen molar-refractivity contribution in [2.45, 2.75) is 32.6 Å². The minimum absolute atomic E-state index is 0. The van der Waals surface area contributed by atoms with Crippen molar-refractivity contribution in [3.8, 4) is 5.75 Å².